The molecule has 1 aromatic carbocycles. The molecule has 0 radical (unpaired) electrons. The van der Waals surface area contributed by atoms with E-state index in [9.17, 15) is 14.4 Å². The topological polar surface area (TPSA) is 81.1 Å². The number of thiophene rings is 2. The van der Waals surface area contributed by atoms with E-state index >= 15 is 0 Å². The Balaban J connectivity index is 1.54. The van der Waals surface area contributed by atoms with Gasteiger partial charge in [-0.15, -0.1) is 22.7 Å². The van der Waals surface area contributed by atoms with Gasteiger partial charge in [0.2, 0.25) is 5.91 Å². The van der Waals surface area contributed by atoms with Gasteiger partial charge in [-0.25, -0.2) is 4.98 Å². The molecule has 0 unspecified atom stereocenters. The average molecular weight is 466 g/mol. The van der Waals surface area contributed by atoms with E-state index in [0.29, 0.717) is 27.9 Å². The van der Waals surface area contributed by atoms with Gasteiger partial charge in [0.25, 0.3) is 5.56 Å². The van der Waals surface area contributed by atoms with E-state index in [4.69, 9.17) is 0 Å². The van der Waals surface area contributed by atoms with Crippen LogP contribution in [0.1, 0.15) is 35.5 Å². The number of anilines is 1. The number of aromatic nitrogens is 2. The van der Waals surface area contributed by atoms with E-state index in [1.165, 1.54) is 27.1 Å². The summed E-state index contributed by atoms with van der Waals surface area (Å²) in [6, 6.07) is 10.8. The minimum Gasteiger partial charge on any atom is -0.326 e. The summed E-state index contributed by atoms with van der Waals surface area (Å²) < 4.78 is 1.36. The van der Waals surface area contributed by atoms with Gasteiger partial charge in [-0.05, 0) is 49.2 Å². The molecular formula is C24H23N3O3S2. The maximum Gasteiger partial charge on any atom is 0.263 e. The lowest BCUT2D eigenvalue weighted by Crippen LogP contribution is -2.24. The lowest BCUT2D eigenvalue weighted by Gasteiger charge is -2.09. The molecule has 0 atom stereocenters. The van der Waals surface area contributed by atoms with Gasteiger partial charge in [0, 0.05) is 38.4 Å². The number of fused-ring (bicyclic) bond motifs is 1. The SMILES string of the molecule is Cc1ccc(-c2csc3ncn(CC(=O)c4ccc(NC(=O)CC(C)C)cc4)c(=O)c23)s1. The Labute approximate surface area is 193 Å². The van der Waals surface area contributed by atoms with Crippen LogP contribution in [0.4, 0.5) is 5.69 Å². The van der Waals surface area contributed by atoms with Crippen molar-refractivity contribution in [2.24, 2.45) is 5.92 Å². The Hall–Kier alpha value is -3.10. The van der Waals surface area contributed by atoms with E-state index in [1.54, 1.807) is 35.6 Å². The van der Waals surface area contributed by atoms with Gasteiger partial charge >= 0.3 is 0 Å². The van der Waals surface area contributed by atoms with Crippen LogP contribution in [-0.4, -0.2) is 21.2 Å². The van der Waals surface area contributed by atoms with Crippen molar-refractivity contribution in [1.82, 2.24) is 9.55 Å². The van der Waals surface area contributed by atoms with Gasteiger partial charge < -0.3 is 5.32 Å². The lowest BCUT2D eigenvalue weighted by atomic mass is 10.1. The molecular weight excluding hydrogens is 442 g/mol. The summed E-state index contributed by atoms with van der Waals surface area (Å²) in [5.74, 6) is 0.0160. The van der Waals surface area contributed by atoms with Crippen LogP contribution in [-0.2, 0) is 11.3 Å². The second-order valence-corrected chi connectivity index (χ2v) is 10.2. The zero-order valence-electron chi connectivity index (χ0n) is 18.0. The summed E-state index contributed by atoms with van der Waals surface area (Å²) in [6.07, 6.45) is 1.87. The Bertz CT molecular complexity index is 1350. The fourth-order valence-corrected chi connectivity index (χ4v) is 5.27. The van der Waals surface area contributed by atoms with Crippen LogP contribution < -0.4 is 10.9 Å². The monoisotopic (exact) mass is 465 g/mol. The van der Waals surface area contributed by atoms with Gasteiger partial charge in [0.15, 0.2) is 5.78 Å². The Morgan fingerprint density at radius 2 is 1.88 bits per heavy atom. The molecule has 0 aliphatic heterocycles. The zero-order valence-corrected chi connectivity index (χ0v) is 19.7. The maximum atomic E-state index is 13.2. The maximum absolute atomic E-state index is 13.2. The van der Waals surface area contributed by atoms with Crippen molar-refractivity contribution in [3.63, 3.8) is 0 Å². The molecule has 8 heteroatoms. The highest BCUT2D eigenvalue weighted by molar-refractivity contribution is 7.19. The predicted octanol–water partition coefficient (Wildman–Crippen LogP) is 5.36. The minimum atomic E-state index is -0.219. The third-order valence-corrected chi connectivity index (χ3v) is 6.89. The standard InChI is InChI=1S/C24H23N3O3S2/c1-14(2)10-21(29)26-17-7-5-16(6-8-17)19(28)11-27-13-25-23-22(24(27)30)18(12-31-23)20-9-4-15(3)32-20/h4-9,12-14H,10-11H2,1-3H3,(H,26,29). The third-order valence-electron chi connectivity index (χ3n) is 4.96. The van der Waals surface area contributed by atoms with Crippen molar-refractivity contribution in [3.05, 3.63) is 68.9 Å². The largest absolute Gasteiger partial charge is 0.326 e. The van der Waals surface area contributed by atoms with Gasteiger partial charge in [-0.3, -0.25) is 19.0 Å². The van der Waals surface area contributed by atoms with Crippen LogP contribution in [0.5, 0.6) is 0 Å². The van der Waals surface area contributed by atoms with Crippen LogP contribution >= 0.6 is 22.7 Å². The zero-order chi connectivity index (χ0) is 22.8. The highest BCUT2D eigenvalue weighted by Crippen LogP contribution is 2.34. The van der Waals surface area contributed by atoms with Crippen LogP contribution in [0.3, 0.4) is 0 Å². The highest BCUT2D eigenvalue weighted by Gasteiger charge is 2.16. The summed E-state index contributed by atoms with van der Waals surface area (Å²) in [7, 11) is 0. The molecule has 32 heavy (non-hydrogen) atoms. The Morgan fingerprint density at radius 1 is 1.12 bits per heavy atom. The number of nitrogens with zero attached hydrogens (tertiary/aromatic N) is 2. The van der Waals surface area contributed by atoms with Crippen LogP contribution in [0.2, 0.25) is 0 Å². The molecule has 4 aromatic rings. The quantitative estimate of drug-likeness (QED) is 0.373. The lowest BCUT2D eigenvalue weighted by molar-refractivity contribution is -0.116. The average Bonchev–Trinajstić information content (AvgIpc) is 3.36. The molecule has 3 heterocycles. The first-order valence-electron chi connectivity index (χ1n) is 10.3. The number of hydrogen-bond donors (Lipinski definition) is 1. The van der Waals surface area contributed by atoms with Crippen molar-refractivity contribution < 1.29 is 9.59 Å². The van der Waals surface area contributed by atoms with Crippen molar-refractivity contribution in [2.45, 2.75) is 33.7 Å². The number of amides is 1. The van der Waals surface area contributed by atoms with Gasteiger partial charge in [0.05, 0.1) is 18.3 Å². The number of rotatable bonds is 7. The number of ketones is 1. The Morgan fingerprint density at radius 3 is 2.53 bits per heavy atom. The third kappa shape index (κ3) is 4.71. The molecule has 4 rings (SSSR count). The summed E-state index contributed by atoms with van der Waals surface area (Å²) >= 11 is 3.06. The number of carbonyl (C=O) groups excluding carboxylic acids is 2. The predicted molar refractivity (Wildman–Crippen MR) is 131 cm³/mol. The number of benzene rings is 1. The number of aryl methyl sites for hydroxylation is 1. The number of hydrogen-bond acceptors (Lipinski definition) is 6. The van der Waals surface area contributed by atoms with E-state index in [0.717, 1.165) is 10.4 Å². The fourth-order valence-electron chi connectivity index (χ4n) is 3.41. The summed E-state index contributed by atoms with van der Waals surface area (Å²) in [6.45, 7) is 5.89. The second kappa shape index (κ2) is 9.18. The van der Waals surface area contributed by atoms with E-state index in [-0.39, 0.29) is 29.7 Å². The molecule has 1 amide bonds. The van der Waals surface area contributed by atoms with Crippen molar-refractivity contribution in [3.8, 4) is 10.4 Å². The van der Waals surface area contributed by atoms with Crippen molar-refractivity contribution in [2.75, 3.05) is 5.32 Å². The summed E-state index contributed by atoms with van der Waals surface area (Å²) in [5, 5.41) is 5.32. The van der Waals surface area contributed by atoms with Gasteiger partial charge in [-0.2, -0.15) is 0 Å². The number of Topliss-reactive ketones (excluding diaryl/α,β-unsaturated/α-hetero) is 1. The van der Waals surface area contributed by atoms with E-state index < -0.39 is 0 Å². The highest BCUT2D eigenvalue weighted by atomic mass is 32.1. The van der Waals surface area contributed by atoms with Gasteiger partial charge in [-0.1, -0.05) is 13.8 Å². The first-order valence-corrected chi connectivity index (χ1v) is 12.0. The molecule has 1 N–H and O–H groups in total. The van der Waals surface area contributed by atoms with Crippen LogP contribution in [0, 0.1) is 12.8 Å². The number of nitrogens with one attached hydrogen (secondary N) is 1. The van der Waals surface area contributed by atoms with Crippen molar-refractivity contribution in [1.29, 1.82) is 0 Å². The minimum absolute atomic E-state index is 0.0579. The number of carbonyl (C=O) groups is 2. The first-order chi connectivity index (χ1) is 15.3. The van der Waals surface area contributed by atoms with Crippen LogP contribution in [0.25, 0.3) is 20.7 Å². The molecule has 0 aliphatic carbocycles. The normalized spacial score (nSPS) is 11.2. The molecule has 3 aromatic heterocycles. The molecule has 0 spiro atoms. The molecule has 0 saturated heterocycles. The molecule has 0 aliphatic rings. The van der Waals surface area contributed by atoms with Crippen molar-refractivity contribution >= 4 is 50.3 Å². The summed E-state index contributed by atoms with van der Waals surface area (Å²) in [4.78, 5) is 45.1. The summed E-state index contributed by atoms with van der Waals surface area (Å²) in [5.41, 5.74) is 1.76. The molecule has 164 valence electrons. The molecule has 0 bridgehead atoms. The van der Waals surface area contributed by atoms with E-state index in [1.807, 2.05) is 38.3 Å². The molecule has 0 fully saturated rings. The molecule has 6 nitrogen and oxygen atoms in total. The first kappa shape index (κ1) is 22.1. The molecule has 0 saturated carbocycles. The Kier molecular flexibility index (Phi) is 6.34. The van der Waals surface area contributed by atoms with Gasteiger partial charge in [0.1, 0.15) is 4.83 Å². The second-order valence-electron chi connectivity index (χ2n) is 8.06. The smallest absolute Gasteiger partial charge is 0.263 e. The van der Waals surface area contributed by atoms with Crippen LogP contribution in [0.15, 0.2) is 52.9 Å². The van der Waals surface area contributed by atoms with E-state index in [2.05, 4.69) is 10.3 Å². The fraction of sp³-hybridized carbons (Fsp3) is 0.250.